The van der Waals surface area contributed by atoms with E-state index in [4.69, 9.17) is 4.74 Å². The Morgan fingerprint density at radius 2 is 1.35 bits per heavy atom. The molecule has 174 valence electrons. The van der Waals surface area contributed by atoms with Gasteiger partial charge >= 0.3 is 6.09 Å². The highest BCUT2D eigenvalue weighted by molar-refractivity contribution is 6.10. The number of amides is 2. The summed E-state index contributed by atoms with van der Waals surface area (Å²) in [5.74, 6) is -1.35. The molecule has 0 bridgehead atoms. The third kappa shape index (κ3) is 5.06. The van der Waals surface area contributed by atoms with Gasteiger partial charge in [0, 0.05) is 16.5 Å². The van der Waals surface area contributed by atoms with Gasteiger partial charge < -0.3 is 9.72 Å². The van der Waals surface area contributed by atoms with E-state index in [0.29, 0.717) is 22.0 Å². The summed E-state index contributed by atoms with van der Waals surface area (Å²) in [6, 6.07) is 17.4. The van der Waals surface area contributed by atoms with Crippen LogP contribution in [-0.2, 0) is 4.74 Å². The first-order valence-corrected chi connectivity index (χ1v) is 10.6. The van der Waals surface area contributed by atoms with Gasteiger partial charge in [0.1, 0.15) is 22.9 Å². The molecule has 1 heterocycles. The fourth-order valence-electron chi connectivity index (χ4n) is 3.57. The van der Waals surface area contributed by atoms with E-state index in [1.54, 1.807) is 51.1 Å². The Morgan fingerprint density at radius 1 is 0.794 bits per heavy atom. The number of aromatic nitrogens is 1. The topological polar surface area (TPSA) is 83.2 Å². The third-order valence-electron chi connectivity index (χ3n) is 5.01. The minimum atomic E-state index is -0.807. The van der Waals surface area contributed by atoms with E-state index in [9.17, 15) is 18.4 Å². The van der Waals surface area contributed by atoms with Crippen molar-refractivity contribution in [3.05, 3.63) is 84.1 Å². The lowest BCUT2D eigenvalue weighted by molar-refractivity contribution is 0.0483. The summed E-state index contributed by atoms with van der Waals surface area (Å²) in [4.78, 5) is 28.0. The average Bonchev–Trinajstić information content (AvgIpc) is 3.16. The van der Waals surface area contributed by atoms with Crippen molar-refractivity contribution in [3.8, 4) is 22.3 Å². The monoisotopic (exact) mass is 463 g/mol. The van der Waals surface area contributed by atoms with E-state index >= 15 is 0 Å². The molecule has 0 atom stereocenters. The number of benzene rings is 3. The fourth-order valence-corrected chi connectivity index (χ4v) is 3.57. The maximum absolute atomic E-state index is 13.6. The summed E-state index contributed by atoms with van der Waals surface area (Å²) in [5, 5.41) is 0.704. The second kappa shape index (κ2) is 8.97. The zero-order valence-corrected chi connectivity index (χ0v) is 18.8. The van der Waals surface area contributed by atoms with Gasteiger partial charge in [0.05, 0.1) is 0 Å². The zero-order chi connectivity index (χ0) is 24.5. The highest BCUT2D eigenvalue weighted by Gasteiger charge is 2.22. The number of halogens is 2. The molecule has 0 spiro atoms. The predicted molar refractivity (Wildman–Crippen MR) is 126 cm³/mol. The van der Waals surface area contributed by atoms with Gasteiger partial charge in [0.15, 0.2) is 0 Å². The van der Waals surface area contributed by atoms with Gasteiger partial charge in [-0.3, -0.25) is 10.2 Å². The Balaban J connectivity index is 1.75. The van der Waals surface area contributed by atoms with Crippen LogP contribution in [0.5, 0.6) is 0 Å². The highest BCUT2D eigenvalue weighted by atomic mass is 19.1. The number of hydrogen-bond donors (Lipinski definition) is 3. The maximum Gasteiger partial charge on any atom is 0.426 e. The van der Waals surface area contributed by atoms with Gasteiger partial charge in [-0.2, -0.15) is 0 Å². The van der Waals surface area contributed by atoms with Gasteiger partial charge in [0.2, 0.25) is 0 Å². The van der Waals surface area contributed by atoms with Gasteiger partial charge in [-0.05, 0) is 73.9 Å². The van der Waals surface area contributed by atoms with E-state index < -0.39 is 23.4 Å². The maximum atomic E-state index is 13.6. The second-order valence-electron chi connectivity index (χ2n) is 8.73. The van der Waals surface area contributed by atoms with E-state index in [-0.39, 0.29) is 11.5 Å². The summed E-state index contributed by atoms with van der Waals surface area (Å²) in [5.41, 5.74) is 7.43. The van der Waals surface area contributed by atoms with Gasteiger partial charge in [-0.25, -0.2) is 19.0 Å². The van der Waals surface area contributed by atoms with Crippen LogP contribution < -0.4 is 10.9 Å². The Labute approximate surface area is 194 Å². The molecule has 8 heteroatoms. The lowest BCUT2D eigenvalue weighted by Gasteiger charge is -2.19. The molecule has 3 N–H and O–H groups in total. The Morgan fingerprint density at radius 3 is 1.94 bits per heavy atom. The van der Waals surface area contributed by atoms with Crippen molar-refractivity contribution in [1.82, 2.24) is 15.8 Å². The summed E-state index contributed by atoms with van der Waals surface area (Å²) < 4.78 is 32.1. The minimum absolute atomic E-state index is 0.175. The standard InChI is InChI=1S/C26H23F2N3O3/c1-26(2,3)34-25(33)31-30-24(32)23-22(16-6-11-19(28)12-7-16)20-14-17(8-13-21(20)29-23)15-4-9-18(27)10-5-15/h4-14,29H,1-3H3,(H,30,32)(H,31,33). The number of ether oxygens (including phenoxy) is 1. The number of aromatic amines is 1. The van der Waals surface area contributed by atoms with Crippen LogP contribution in [0.2, 0.25) is 0 Å². The quantitative estimate of drug-likeness (QED) is 0.328. The second-order valence-corrected chi connectivity index (χ2v) is 8.73. The number of hydrogen-bond acceptors (Lipinski definition) is 3. The predicted octanol–water partition coefficient (Wildman–Crippen LogP) is 5.95. The number of fused-ring (bicyclic) bond motifs is 1. The Kier molecular flexibility index (Phi) is 6.06. The third-order valence-corrected chi connectivity index (χ3v) is 5.01. The van der Waals surface area contributed by atoms with Crippen LogP contribution in [0.1, 0.15) is 31.3 Å². The number of rotatable bonds is 3. The molecule has 34 heavy (non-hydrogen) atoms. The minimum Gasteiger partial charge on any atom is -0.443 e. The van der Waals surface area contributed by atoms with Crippen molar-refractivity contribution in [1.29, 1.82) is 0 Å². The molecule has 2 amide bonds. The van der Waals surface area contributed by atoms with Gasteiger partial charge in [0.25, 0.3) is 5.91 Å². The molecule has 3 aromatic carbocycles. The van der Waals surface area contributed by atoms with Crippen molar-refractivity contribution >= 4 is 22.9 Å². The Hall–Kier alpha value is -4.20. The molecular weight excluding hydrogens is 440 g/mol. The first-order valence-electron chi connectivity index (χ1n) is 10.6. The molecule has 1 aromatic heterocycles. The largest absolute Gasteiger partial charge is 0.443 e. The lowest BCUT2D eigenvalue weighted by Crippen LogP contribution is -2.44. The van der Waals surface area contributed by atoms with Gasteiger partial charge in [-0.1, -0.05) is 30.3 Å². The highest BCUT2D eigenvalue weighted by Crippen LogP contribution is 2.35. The molecule has 0 fully saturated rings. The molecule has 4 aromatic rings. The number of carbonyl (C=O) groups excluding carboxylic acids is 2. The summed E-state index contributed by atoms with van der Waals surface area (Å²) in [6.07, 6.45) is -0.807. The van der Waals surface area contributed by atoms with Crippen LogP contribution in [0.3, 0.4) is 0 Å². The van der Waals surface area contributed by atoms with Crippen molar-refractivity contribution < 1.29 is 23.1 Å². The summed E-state index contributed by atoms with van der Waals surface area (Å²) >= 11 is 0. The van der Waals surface area contributed by atoms with Crippen LogP contribution in [-0.4, -0.2) is 22.6 Å². The van der Waals surface area contributed by atoms with Crippen LogP contribution in [0, 0.1) is 11.6 Å². The van der Waals surface area contributed by atoms with Gasteiger partial charge in [-0.15, -0.1) is 0 Å². The number of hydrazine groups is 1. The average molecular weight is 463 g/mol. The van der Waals surface area contributed by atoms with E-state index in [1.165, 1.54) is 24.3 Å². The smallest absolute Gasteiger partial charge is 0.426 e. The van der Waals surface area contributed by atoms with Crippen LogP contribution in [0.4, 0.5) is 13.6 Å². The summed E-state index contributed by atoms with van der Waals surface area (Å²) in [7, 11) is 0. The molecule has 6 nitrogen and oxygen atoms in total. The zero-order valence-electron chi connectivity index (χ0n) is 18.8. The van der Waals surface area contributed by atoms with Crippen molar-refractivity contribution in [2.24, 2.45) is 0 Å². The number of H-pyrrole nitrogens is 1. The van der Waals surface area contributed by atoms with Crippen molar-refractivity contribution in [2.45, 2.75) is 26.4 Å². The molecular formula is C26H23F2N3O3. The van der Waals surface area contributed by atoms with Crippen molar-refractivity contribution in [3.63, 3.8) is 0 Å². The van der Waals surface area contributed by atoms with E-state index in [2.05, 4.69) is 15.8 Å². The molecule has 0 unspecified atom stereocenters. The molecule has 0 aliphatic carbocycles. The molecule has 0 aliphatic heterocycles. The molecule has 0 aliphatic rings. The van der Waals surface area contributed by atoms with Crippen LogP contribution >= 0.6 is 0 Å². The Bertz CT molecular complexity index is 1360. The van der Waals surface area contributed by atoms with E-state index in [1.807, 2.05) is 12.1 Å². The normalized spacial score (nSPS) is 11.3. The van der Waals surface area contributed by atoms with Crippen LogP contribution in [0.25, 0.3) is 33.2 Å². The fraction of sp³-hybridized carbons (Fsp3) is 0.154. The molecule has 0 saturated carbocycles. The molecule has 4 rings (SSSR count). The molecule has 0 saturated heterocycles. The number of carbonyl (C=O) groups is 2. The number of nitrogens with one attached hydrogen (secondary N) is 3. The van der Waals surface area contributed by atoms with E-state index in [0.717, 1.165) is 11.1 Å². The van der Waals surface area contributed by atoms with Crippen LogP contribution in [0.15, 0.2) is 66.7 Å². The lowest BCUT2D eigenvalue weighted by atomic mass is 9.98. The summed E-state index contributed by atoms with van der Waals surface area (Å²) in [6.45, 7) is 5.12. The SMILES string of the molecule is CC(C)(C)OC(=O)NNC(=O)c1[nH]c2ccc(-c3ccc(F)cc3)cc2c1-c1ccc(F)cc1. The first kappa shape index (κ1) is 23.0. The first-order chi connectivity index (χ1) is 16.1. The molecule has 0 radical (unpaired) electrons. The van der Waals surface area contributed by atoms with Crippen molar-refractivity contribution in [2.75, 3.05) is 0 Å².